The Balaban J connectivity index is 1.06. The lowest BCUT2D eigenvalue weighted by Crippen LogP contribution is -2.58. The Morgan fingerprint density at radius 3 is 2.14 bits per heavy atom. The van der Waals surface area contributed by atoms with E-state index in [9.17, 15) is 18.8 Å². The lowest BCUT2D eigenvalue weighted by Gasteiger charge is -2.56. The van der Waals surface area contributed by atoms with E-state index in [0.29, 0.717) is 50.2 Å². The van der Waals surface area contributed by atoms with E-state index in [1.165, 1.54) is 31.4 Å². The summed E-state index contributed by atoms with van der Waals surface area (Å²) in [4.78, 5) is 43.4. The molecule has 7 heteroatoms. The molecule has 0 spiro atoms. The number of likely N-dealkylation sites (tertiary alicyclic amines) is 2. The maximum Gasteiger partial charge on any atom is 0.256 e. The summed E-state index contributed by atoms with van der Waals surface area (Å²) in [5, 5.41) is 3.19. The molecule has 4 saturated carbocycles. The van der Waals surface area contributed by atoms with Crippen molar-refractivity contribution in [3.63, 3.8) is 0 Å². The number of benzene rings is 1. The van der Waals surface area contributed by atoms with E-state index in [2.05, 4.69) is 5.32 Å². The highest BCUT2D eigenvalue weighted by Gasteiger charge is 2.56. The van der Waals surface area contributed by atoms with Gasteiger partial charge in [0.25, 0.3) is 5.91 Å². The van der Waals surface area contributed by atoms with E-state index in [4.69, 9.17) is 0 Å². The molecule has 2 aliphatic heterocycles. The van der Waals surface area contributed by atoms with Crippen LogP contribution in [0.4, 0.5) is 4.39 Å². The van der Waals surface area contributed by atoms with Crippen molar-refractivity contribution >= 4 is 17.7 Å². The molecule has 6 fully saturated rings. The Kier molecular flexibility index (Phi) is 5.84. The third kappa shape index (κ3) is 4.15. The SMILES string of the molecule is O=C(NC1CCN(C(=O)c2ccccc2F)CC1)C1CCCN1C(=O)C12CC3CC(CC(C3)C1)C2. The van der Waals surface area contributed by atoms with Crippen LogP contribution in [0, 0.1) is 29.0 Å². The van der Waals surface area contributed by atoms with Crippen molar-refractivity contribution in [1.29, 1.82) is 0 Å². The maximum atomic E-state index is 14.0. The molecule has 4 aliphatic carbocycles. The van der Waals surface area contributed by atoms with Crippen LogP contribution in [0.3, 0.4) is 0 Å². The minimum atomic E-state index is -0.502. The van der Waals surface area contributed by atoms with Crippen molar-refractivity contribution in [2.75, 3.05) is 19.6 Å². The number of nitrogens with zero attached hydrogens (tertiary/aromatic N) is 2. The zero-order chi connectivity index (χ0) is 24.2. The van der Waals surface area contributed by atoms with Crippen molar-refractivity contribution in [1.82, 2.24) is 15.1 Å². The molecule has 1 aromatic rings. The number of nitrogens with one attached hydrogen (secondary N) is 1. The Bertz CT molecular complexity index is 983. The van der Waals surface area contributed by atoms with Crippen molar-refractivity contribution < 1.29 is 18.8 Å². The number of hydrogen-bond donors (Lipinski definition) is 1. The van der Waals surface area contributed by atoms with Crippen LogP contribution >= 0.6 is 0 Å². The maximum absolute atomic E-state index is 14.0. The zero-order valence-electron chi connectivity index (χ0n) is 20.4. The molecular formula is C28H36FN3O3. The minimum absolute atomic E-state index is 0.0238. The van der Waals surface area contributed by atoms with Crippen LogP contribution in [0.2, 0.25) is 0 Å². The fraction of sp³-hybridized carbons (Fsp3) is 0.679. The average molecular weight is 482 g/mol. The van der Waals surface area contributed by atoms with Gasteiger partial charge in [-0.15, -0.1) is 0 Å². The second kappa shape index (κ2) is 8.90. The van der Waals surface area contributed by atoms with Crippen LogP contribution in [0.5, 0.6) is 0 Å². The van der Waals surface area contributed by atoms with E-state index in [1.807, 2.05) is 4.90 Å². The summed E-state index contributed by atoms with van der Waals surface area (Å²) in [6.07, 6.45) is 9.87. The Labute approximate surface area is 206 Å². The highest BCUT2D eigenvalue weighted by atomic mass is 19.1. The summed E-state index contributed by atoms with van der Waals surface area (Å²) in [7, 11) is 0. The summed E-state index contributed by atoms with van der Waals surface area (Å²) in [6.45, 7) is 1.66. The molecule has 7 rings (SSSR count). The predicted molar refractivity (Wildman–Crippen MR) is 129 cm³/mol. The lowest BCUT2D eigenvalue weighted by atomic mass is 9.49. The van der Waals surface area contributed by atoms with E-state index in [1.54, 1.807) is 17.0 Å². The van der Waals surface area contributed by atoms with Crippen LogP contribution in [0.15, 0.2) is 24.3 Å². The molecule has 1 unspecified atom stereocenters. The third-order valence-corrected chi connectivity index (χ3v) is 9.54. The number of piperidine rings is 1. The van der Waals surface area contributed by atoms with Crippen molar-refractivity contribution in [2.45, 2.75) is 76.3 Å². The van der Waals surface area contributed by atoms with E-state index in [0.717, 1.165) is 32.1 Å². The molecule has 188 valence electrons. The normalized spacial score (nSPS) is 34.3. The number of amides is 3. The van der Waals surface area contributed by atoms with Crippen LogP contribution in [-0.4, -0.2) is 59.2 Å². The molecule has 1 N–H and O–H groups in total. The summed E-state index contributed by atoms with van der Waals surface area (Å²) < 4.78 is 14.0. The second-order valence-electron chi connectivity index (χ2n) is 11.9. The average Bonchev–Trinajstić information content (AvgIpc) is 3.33. The molecular weight excluding hydrogens is 445 g/mol. The first-order valence-corrected chi connectivity index (χ1v) is 13.6. The standard InChI is InChI=1S/C28H36FN3O3/c29-23-5-2-1-4-22(23)26(34)31-10-7-21(8-11-31)30-25(33)24-6-3-9-32(24)27(35)28-15-18-12-19(16-28)14-20(13-18)17-28/h1-2,4-5,18-21,24H,3,6-17H2,(H,30,33). The molecule has 0 radical (unpaired) electrons. The number of halogens is 1. The third-order valence-electron chi connectivity index (χ3n) is 9.54. The smallest absolute Gasteiger partial charge is 0.256 e. The van der Waals surface area contributed by atoms with Gasteiger partial charge in [0.05, 0.1) is 11.0 Å². The van der Waals surface area contributed by atoms with E-state index < -0.39 is 5.82 Å². The van der Waals surface area contributed by atoms with Gasteiger partial charge in [0.15, 0.2) is 0 Å². The molecule has 2 heterocycles. The van der Waals surface area contributed by atoms with Crippen molar-refractivity contribution in [2.24, 2.45) is 23.2 Å². The Morgan fingerprint density at radius 2 is 1.51 bits per heavy atom. The number of carbonyl (C=O) groups is 3. The highest BCUT2D eigenvalue weighted by Crippen LogP contribution is 2.60. The zero-order valence-corrected chi connectivity index (χ0v) is 20.4. The van der Waals surface area contributed by atoms with E-state index >= 15 is 0 Å². The van der Waals surface area contributed by atoms with Gasteiger partial charge in [0, 0.05) is 25.7 Å². The van der Waals surface area contributed by atoms with Crippen LogP contribution in [0.25, 0.3) is 0 Å². The number of hydrogen-bond acceptors (Lipinski definition) is 3. The van der Waals surface area contributed by atoms with E-state index in [-0.39, 0.29) is 40.8 Å². The van der Waals surface area contributed by atoms with Gasteiger partial charge in [0.2, 0.25) is 11.8 Å². The summed E-state index contributed by atoms with van der Waals surface area (Å²) in [5.41, 5.74) is -0.115. The van der Waals surface area contributed by atoms with Crippen LogP contribution in [-0.2, 0) is 9.59 Å². The summed E-state index contributed by atoms with van der Waals surface area (Å²) >= 11 is 0. The van der Waals surface area contributed by atoms with Crippen molar-refractivity contribution in [3.8, 4) is 0 Å². The molecule has 6 aliphatic rings. The largest absolute Gasteiger partial charge is 0.351 e. The molecule has 4 bridgehead atoms. The van der Waals surface area contributed by atoms with Gasteiger partial charge in [-0.1, -0.05) is 12.1 Å². The predicted octanol–water partition coefficient (Wildman–Crippen LogP) is 3.75. The Morgan fingerprint density at radius 1 is 0.886 bits per heavy atom. The number of rotatable bonds is 4. The quantitative estimate of drug-likeness (QED) is 0.712. The minimum Gasteiger partial charge on any atom is -0.351 e. The second-order valence-corrected chi connectivity index (χ2v) is 11.9. The molecule has 0 aromatic heterocycles. The van der Waals surface area contributed by atoms with Gasteiger partial charge in [-0.3, -0.25) is 14.4 Å². The first-order chi connectivity index (χ1) is 16.9. The molecule has 6 nitrogen and oxygen atoms in total. The van der Waals surface area contributed by atoms with Gasteiger partial charge in [0.1, 0.15) is 11.9 Å². The molecule has 3 amide bonds. The van der Waals surface area contributed by atoms with Gasteiger partial charge in [-0.25, -0.2) is 4.39 Å². The van der Waals surface area contributed by atoms with Crippen LogP contribution < -0.4 is 5.32 Å². The first-order valence-electron chi connectivity index (χ1n) is 13.6. The molecule has 35 heavy (non-hydrogen) atoms. The molecule has 1 atom stereocenters. The molecule has 1 aromatic carbocycles. The van der Waals surface area contributed by atoms with Gasteiger partial charge < -0.3 is 15.1 Å². The van der Waals surface area contributed by atoms with Crippen LogP contribution in [0.1, 0.15) is 74.6 Å². The fourth-order valence-electron chi connectivity index (χ4n) is 8.29. The first kappa shape index (κ1) is 23.0. The highest BCUT2D eigenvalue weighted by molar-refractivity contribution is 5.94. The topological polar surface area (TPSA) is 69.7 Å². The molecule has 2 saturated heterocycles. The fourth-order valence-corrected chi connectivity index (χ4v) is 8.29. The summed E-state index contributed by atoms with van der Waals surface area (Å²) in [5.74, 6) is 1.53. The van der Waals surface area contributed by atoms with Gasteiger partial charge in [-0.2, -0.15) is 0 Å². The monoisotopic (exact) mass is 481 g/mol. The Hall–Kier alpha value is -2.44. The number of carbonyl (C=O) groups excluding carboxylic acids is 3. The van der Waals surface area contributed by atoms with Gasteiger partial charge in [-0.05, 0) is 94.1 Å². The lowest BCUT2D eigenvalue weighted by molar-refractivity contribution is -0.160. The summed E-state index contributed by atoms with van der Waals surface area (Å²) in [6, 6.07) is 5.67. The van der Waals surface area contributed by atoms with Gasteiger partial charge >= 0.3 is 0 Å². The van der Waals surface area contributed by atoms with Crippen molar-refractivity contribution in [3.05, 3.63) is 35.6 Å².